The van der Waals surface area contributed by atoms with Gasteiger partial charge in [0.1, 0.15) is 0 Å². The van der Waals surface area contributed by atoms with Crippen molar-refractivity contribution in [3.05, 3.63) is 65.2 Å². The zero-order valence-corrected chi connectivity index (χ0v) is 15.3. The predicted octanol–water partition coefficient (Wildman–Crippen LogP) is 3.92. The van der Waals surface area contributed by atoms with E-state index in [9.17, 15) is 14.4 Å². The Morgan fingerprint density at radius 1 is 0.808 bits per heavy atom. The Labute approximate surface area is 153 Å². The third kappa shape index (κ3) is 5.55. The summed E-state index contributed by atoms with van der Waals surface area (Å²) in [6.07, 6.45) is 0.925. The molecule has 0 heterocycles. The molecule has 0 saturated heterocycles. The van der Waals surface area contributed by atoms with E-state index in [0.29, 0.717) is 34.8 Å². The number of anilines is 1. The molecule has 0 aliphatic rings. The first-order valence-electron chi connectivity index (χ1n) is 8.67. The molecule has 0 spiro atoms. The molecule has 0 saturated carbocycles. The summed E-state index contributed by atoms with van der Waals surface area (Å²) in [4.78, 5) is 35.6. The molecule has 26 heavy (non-hydrogen) atoms. The van der Waals surface area contributed by atoms with Crippen LogP contribution in [0.1, 0.15) is 58.3 Å². The van der Waals surface area contributed by atoms with E-state index in [1.54, 1.807) is 48.5 Å². The molecule has 2 aromatic carbocycles. The van der Waals surface area contributed by atoms with E-state index in [4.69, 9.17) is 0 Å². The highest BCUT2D eigenvalue weighted by Crippen LogP contribution is 2.12. The van der Waals surface area contributed by atoms with Crippen molar-refractivity contribution in [2.45, 2.75) is 27.2 Å². The summed E-state index contributed by atoms with van der Waals surface area (Å²) in [6, 6.07) is 13.2. The third-order valence-corrected chi connectivity index (χ3v) is 3.97. The Kier molecular flexibility index (Phi) is 6.67. The second kappa shape index (κ2) is 8.94. The number of benzene rings is 2. The van der Waals surface area contributed by atoms with Crippen molar-refractivity contribution >= 4 is 23.3 Å². The van der Waals surface area contributed by atoms with Crippen molar-refractivity contribution in [1.82, 2.24) is 5.32 Å². The van der Waals surface area contributed by atoms with Crippen LogP contribution in [-0.4, -0.2) is 24.1 Å². The summed E-state index contributed by atoms with van der Waals surface area (Å²) in [5.74, 6) is 0.0980. The van der Waals surface area contributed by atoms with E-state index in [1.807, 2.05) is 0 Å². The fraction of sp³-hybridized carbons (Fsp3) is 0.286. The first-order chi connectivity index (χ1) is 12.4. The number of nitrogens with one attached hydrogen (secondary N) is 2. The predicted molar refractivity (Wildman–Crippen MR) is 103 cm³/mol. The topological polar surface area (TPSA) is 75.3 Å². The second-order valence-corrected chi connectivity index (χ2v) is 6.60. The highest BCUT2D eigenvalue weighted by molar-refractivity contribution is 6.05. The molecule has 2 rings (SSSR count). The van der Waals surface area contributed by atoms with Crippen LogP contribution in [-0.2, 0) is 0 Å². The fourth-order valence-electron chi connectivity index (χ4n) is 2.34. The summed E-state index contributed by atoms with van der Waals surface area (Å²) in [7, 11) is 0. The summed E-state index contributed by atoms with van der Waals surface area (Å²) in [5, 5.41) is 5.64. The van der Waals surface area contributed by atoms with E-state index in [-0.39, 0.29) is 17.6 Å². The molecule has 2 N–H and O–H groups in total. The van der Waals surface area contributed by atoms with Crippen LogP contribution in [0, 0.1) is 5.92 Å². The second-order valence-electron chi connectivity index (χ2n) is 6.60. The molecule has 0 radical (unpaired) electrons. The molecule has 0 atom stereocenters. The molecule has 2 amide bonds. The van der Waals surface area contributed by atoms with Crippen molar-refractivity contribution in [2.24, 2.45) is 5.92 Å². The average Bonchev–Trinajstić information content (AvgIpc) is 2.62. The monoisotopic (exact) mass is 352 g/mol. The van der Waals surface area contributed by atoms with Crippen LogP contribution in [0.15, 0.2) is 48.5 Å². The zero-order valence-electron chi connectivity index (χ0n) is 15.3. The van der Waals surface area contributed by atoms with Gasteiger partial charge in [0.2, 0.25) is 0 Å². The SMILES string of the molecule is CC(=O)c1ccc(NC(=O)c2ccc(C(=O)NCCC(C)C)cc2)cc1. The first-order valence-corrected chi connectivity index (χ1v) is 8.67. The van der Waals surface area contributed by atoms with Gasteiger partial charge in [0.25, 0.3) is 11.8 Å². The van der Waals surface area contributed by atoms with Crippen LogP contribution >= 0.6 is 0 Å². The van der Waals surface area contributed by atoms with Crippen molar-refractivity contribution in [3.8, 4) is 0 Å². The minimum absolute atomic E-state index is 0.0230. The van der Waals surface area contributed by atoms with Crippen LogP contribution in [0.25, 0.3) is 0 Å². The normalized spacial score (nSPS) is 10.5. The zero-order chi connectivity index (χ0) is 19.1. The Morgan fingerprint density at radius 2 is 1.31 bits per heavy atom. The Morgan fingerprint density at radius 3 is 1.81 bits per heavy atom. The summed E-state index contributed by atoms with van der Waals surface area (Å²) in [5.41, 5.74) is 2.18. The lowest BCUT2D eigenvalue weighted by atomic mass is 10.1. The van der Waals surface area contributed by atoms with Gasteiger partial charge in [-0.1, -0.05) is 13.8 Å². The molecule has 2 aromatic rings. The van der Waals surface area contributed by atoms with Gasteiger partial charge in [-0.2, -0.15) is 0 Å². The molecule has 0 aromatic heterocycles. The van der Waals surface area contributed by atoms with E-state index in [0.717, 1.165) is 6.42 Å². The third-order valence-electron chi connectivity index (χ3n) is 3.97. The number of hydrogen-bond acceptors (Lipinski definition) is 3. The van der Waals surface area contributed by atoms with Gasteiger partial charge in [0.15, 0.2) is 5.78 Å². The first kappa shape index (κ1) is 19.4. The molecule has 136 valence electrons. The molecular weight excluding hydrogens is 328 g/mol. The minimum Gasteiger partial charge on any atom is -0.352 e. The molecule has 5 nitrogen and oxygen atoms in total. The van der Waals surface area contributed by atoms with Crippen LogP contribution < -0.4 is 10.6 Å². The maximum absolute atomic E-state index is 12.3. The lowest BCUT2D eigenvalue weighted by Gasteiger charge is -2.08. The van der Waals surface area contributed by atoms with Gasteiger partial charge in [-0.15, -0.1) is 0 Å². The van der Waals surface area contributed by atoms with E-state index >= 15 is 0 Å². The lowest BCUT2D eigenvalue weighted by molar-refractivity contribution is 0.0949. The standard InChI is InChI=1S/C21H24N2O3/c1-14(2)12-13-22-20(25)17-4-6-18(7-5-17)21(26)23-19-10-8-16(9-11-19)15(3)24/h4-11,14H,12-13H2,1-3H3,(H,22,25)(H,23,26). The smallest absolute Gasteiger partial charge is 0.255 e. The summed E-state index contributed by atoms with van der Waals surface area (Å²) in [6.45, 7) is 6.34. The average molecular weight is 352 g/mol. The summed E-state index contributed by atoms with van der Waals surface area (Å²) >= 11 is 0. The van der Waals surface area contributed by atoms with Gasteiger partial charge in [0, 0.05) is 28.9 Å². The van der Waals surface area contributed by atoms with Gasteiger partial charge < -0.3 is 10.6 Å². The van der Waals surface area contributed by atoms with Crippen LogP contribution in [0.5, 0.6) is 0 Å². The van der Waals surface area contributed by atoms with Crippen molar-refractivity contribution in [2.75, 3.05) is 11.9 Å². The van der Waals surface area contributed by atoms with E-state index < -0.39 is 0 Å². The van der Waals surface area contributed by atoms with Gasteiger partial charge in [-0.25, -0.2) is 0 Å². The molecule has 0 bridgehead atoms. The van der Waals surface area contributed by atoms with Crippen LogP contribution in [0.4, 0.5) is 5.69 Å². The highest BCUT2D eigenvalue weighted by atomic mass is 16.2. The maximum Gasteiger partial charge on any atom is 0.255 e. The number of carbonyl (C=O) groups is 3. The highest BCUT2D eigenvalue weighted by Gasteiger charge is 2.09. The maximum atomic E-state index is 12.3. The number of carbonyl (C=O) groups excluding carboxylic acids is 3. The van der Waals surface area contributed by atoms with Gasteiger partial charge >= 0.3 is 0 Å². The number of Topliss-reactive ketones (excluding diaryl/α,β-unsaturated/α-hetero) is 1. The Bertz CT molecular complexity index is 778. The largest absolute Gasteiger partial charge is 0.352 e. The molecule has 0 fully saturated rings. The Hall–Kier alpha value is -2.95. The fourth-order valence-corrected chi connectivity index (χ4v) is 2.34. The number of amides is 2. The van der Waals surface area contributed by atoms with Gasteiger partial charge in [0.05, 0.1) is 0 Å². The number of ketones is 1. The van der Waals surface area contributed by atoms with Gasteiger partial charge in [-0.3, -0.25) is 14.4 Å². The quantitative estimate of drug-likeness (QED) is 0.742. The van der Waals surface area contributed by atoms with Crippen LogP contribution in [0.3, 0.4) is 0 Å². The lowest BCUT2D eigenvalue weighted by Crippen LogP contribution is -2.25. The molecular formula is C21H24N2O3. The number of hydrogen-bond donors (Lipinski definition) is 2. The molecule has 0 aliphatic carbocycles. The molecule has 0 aliphatic heterocycles. The van der Waals surface area contributed by atoms with Gasteiger partial charge in [-0.05, 0) is 67.8 Å². The van der Waals surface area contributed by atoms with Crippen molar-refractivity contribution < 1.29 is 14.4 Å². The van der Waals surface area contributed by atoms with Crippen molar-refractivity contribution in [3.63, 3.8) is 0 Å². The Balaban J connectivity index is 1.95. The summed E-state index contributed by atoms with van der Waals surface area (Å²) < 4.78 is 0. The van der Waals surface area contributed by atoms with E-state index in [1.165, 1.54) is 6.92 Å². The van der Waals surface area contributed by atoms with Crippen molar-refractivity contribution in [1.29, 1.82) is 0 Å². The molecule has 0 unspecified atom stereocenters. The minimum atomic E-state index is -0.271. The van der Waals surface area contributed by atoms with Crippen LogP contribution in [0.2, 0.25) is 0 Å². The number of rotatable bonds is 7. The van der Waals surface area contributed by atoms with E-state index in [2.05, 4.69) is 24.5 Å². The molecule has 5 heteroatoms.